The molecule has 0 heterocycles. The topological polar surface area (TPSA) is 86.3 Å². The molecular weight excluding hydrogens is 254 g/mol. The lowest BCUT2D eigenvalue weighted by Gasteiger charge is -2.00. The van der Waals surface area contributed by atoms with Crippen LogP contribution in [0.4, 0.5) is 15.8 Å². The van der Waals surface area contributed by atoms with Crippen molar-refractivity contribution in [1.82, 2.24) is 0 Å². The molecule has 0 radical (unpaired) electrons. The summed E-state index contributed by atoms with van der Waals surface area (Å²) in [4.78, 5) is 18.6. The van der Waals surface area contributed by atoms with Crippen molar-refractivity contribution in [2.45, 2.75) is 0 Å². The van der Waals surface area contributed by atoms with Crippen LogP contribution in [-0.4, -0.2) is 9.85 Å². The minimum atomic E-state index is -1.39. The van der Waals surface area contributed by atoms with Crippen LogP contribution in [0.1, 0.15) is 0 Å². The highest BCUT2D eigenvalue weighted by Gasteiger charge is 2.28. The number of rotatable bonds is 2. The van der Waals surface area contributed by atoms with E-state index in [0.29, 0.717) is 6.07 Å². The van der Waals surface area contributed by atoms with Gasteiger partial charge >= 0.3 is 5.69 Å². The van der Waals surface area contributed by atoms with Crippen LogP contribution in [-0.2, 0) is 0 Å². The zero-order valence-corrected chi connectivity index (χ0v) is 8.25. The first-order valence-electron chi connectivity index (χ1n) is 3.32. The summed E-state index contributed by atoms with van der Waals surface area (Å²) in [5.41, 5.74) is -1.90. The summed E-state index contributed by atoms with van der Waals surface area (Å²) >= 11 is 10.6. The Morgan fingerprint density at radius 1 is 1.07 bits per heavy atom. The molecule has 9 heteroatoms. The third-order valence-electron chi connectivity index (χ3n) is 1.50. The second-order valence-electron chi connectivity index (χ2n) is 2.37. The standard InChI is InChI=1S/C6HCl2FN2O4/c7-4-2(10(12)13)1-3(11(14)15)6(9)5(4)8/h1H. The molecule has 0 saturated carbocycles. The highest BCUT2D eigenvalue weighted by molar-refractivity contribution is 6.43. The van der Waals surface area contributed by atoms with Crippen LogP contribution in [0.3, 0.4) is 0 Å². The van der Waals surface area contributed by atoms with E-state index in [0.717, 1.165) is 0 Å². The molecule has 80 valence electrons. The Kier molecular flexibility index (Phi) is 3.06. The molecule has 1 aromatic rings. The Balaban J connectivity index is 3.59. The molecule has 0 N–H and O–H groups in total. The van der Waals surface area contributed by atoms with Gasteiger partial charge in [-0.3, -0.25) is 20.2 Å². The summed E-state index contributed by atoms with van der Waals surface area (Å²) in [6.07, 6.45) is 0. The largest absolute Gasteiger partial charge is 0.313 e. The van der Waals surface area contributed by atoms with Gasteiger partial charge in [0.1, 0.15) is 10.0 Å². The van der Waals surface area contributed by atoms with E-state index >= 15 is 0 Å². The first-order chi connectivity index (χ1) is 6.86. The van der Waals surface area contributed by atoms with Crippen LogP contribution in [0.25, 0.3) is 0 Å². The molecule has 0 saturated heterocycles. The van der Waals surface area contributed by atoms with Gasteiger partial charge in [-0.15, -0.1) is 0 Å². The van der Waals surface area contributed by atoms with Crippen molar-refractivity contribution in [3.63, 3.8) is 0 Å². The SMILES string of the molecule is O=[N+]([O-])c1cc([N+](=O)[O-])c(Cl)c(Cl)c1F. The number of nitro benzene ring substituents is 2. The molecule has 0 amide bonds. The molecule has 0 aliphatic heterocycles. The normalized spacial score (nSPS) is 10.1. The van der Waals surface area contributed by atoms with E-state index in [4.69, 9.17) is 23.2 Å². The van der Waals surface area contributed by atoms with Crippen molar-refractivity contribution < 1.29 is 14.2 Å². The average Bonchev–Trinajstić information content (AvgIpc) is 2.13. The van der Waals surface area contributed by atoms with Gasteiger partial charge in [0.15, 0.2) is 0 Å². The van der Waals surface area contributed by atoms with Crippen molar-refractivity contribution in [2.75, 3.05) is 0 Å². The van der Waals surface area contributed by atoms with E-state index in [2.05, 4.69) is 0 Å². The molecule has 0 aliphatic rings. The van der Waals surface area contributed by atoms with Gasteiger partial charge < -0.3 is 0 Å². The highest BCUT2D eigenvalue weighted by atomic mass is 35.5. The summed E-state index contributed by atoms with van der Waals surface area (Å²) in [6, 6.07) is 0.420. The first-order valence-corrected chi connectivity index (χ1v) is 4.08. The molecule has 0 atom stereocenters. The highest BCUT2D eigenvalue weighted by Crippen LogP contribution is 2.38. The fraction of sp³-hybridized carbons (Fsp3) is 0. The molecule has 0 bridgehead atoms. The Labute approximate surface area is 91.5 Å². The van der Waals surface area contributed by atoms with Crippen LogP contribution < -0.4 is 0 Å². The minimum absolute atomic E-state index is 0.420. The predicted molar refractivity (Wildman–Crippen MR) is 49.7 cm³/mol. The zero-order valence-electron chi connectivity index (χ0n) is 6.74. The van der Waals surface area contributed by atoms with E-state index in [-0.39, 0.29) is 0 Å². The van der Waals surface area contributed by atoms with E-state index < -0.39 is 37.1 Å². The lowest BCUT2D eigenvalue weighted by atomic mass is 10.2. The number of hydrogen-bond acceptors (Lipinski definition) is 4. The second kappa shape index (κ2) is 3.95. The van der Waals surface area contributed by atoms with Gasteiger partial charge in [0.25, 0.3) is 5.69 Å². The average molecular weight is 255 g/mol. The number of nitrogens with zero attached hydrogens (tertiary/aromatic N) is 2. The minimum Gasteiger partial charge on any atom is -0.258 e. The molecule has 15 heavy (non-hydrogen) atoms. The smallest absolute Gasteiger partial charge is 0.258 e. The van der Waals surface area contributed by atoms with Crippen LogP contribution in [0.15, 0.2) is 6.07 Å². The third-order valence-corrected chi connectivity index (χ3v) is 2.34. The van der Waals surface area contributed by atoms with Crippen molar-refractivity contribution in [1.29, 1.82) is 0 Å². The molecule has 0 fully saturated rings. The van der Waals surface area contributed by atoms with Crippen LogP contribution in [0, 0.1) is 26.0 Å². The lowest BCUT2D eigenvalue weighted by Crippen LogP contribution is -1.98. The molecule has 0 aromatic heterocycles. The number of hydrogen-bond donors (Lipinski definition) is 0. The summed E-state index contributed by atoms with van der Waals surface area (Å²) in [5, 5.41) is 19.2. The van der Waals surface area contributed by atoms with Crippen LogP contribution in [0.5, 0.6) is 0 Å². The number of halogens is 3. The van der Waals surface area contributed by atoms with Crippen LogP contribution in [0.2, 0.25) is 10.0 Å². The fourth-order valence-corrected chi connectivity index (χ4v) is 1.24. The van der Waals surface area contributed by atoms with Crippen molar-refractivity contribution in [2.24, 2.45) is 0 Å². The van der Waals surface area contributed by atoms with E-state index in [1.54, 1.807) is 0 Å². The van der Waals surface area contributed by atoms with Gasteiger partial charge in [0.05, 0.1) is 15.9 Å². The monoisotopic (exact) mass is 254 g/mol. The fourth-order valence-electron chi connectivity index (χ4n) is 0.843. The first kappa shape index (κ1) is 11.6. The predicted octanol–water partition coefficient (Wildman–Crippen LogP) is 2.95. The number of benzene rings is 1. The van der Waals surface area contributed by atoms with Gasteiger partial charge in [-0.1, -0.05) is 23.2 Å². The van der Waals surface area contributed by atoms with E-state index in [9.17, 15) is 24.6 Å². The molecule has 0 unspecified atom stereocenters. The zero-order chi connectivity index (χ0) is 11.7. The van der Waals surface area contributed by atoms with Gasteiger partial charge in [-0.05, 0) is 0 Å². The Morgan fingerprint density at radius 3 is 1.93 bits per heavy atom. The Morgan fingerprint density at radius 2 is 1.53 bits per heavy atom. The van der Waals surface area contributed by atoms with E-state index in [1.807, 2.05) is 0 Å². The van der Waals surface area contributed by atoms with Crippen molar-refractivity contribution in [3.05, 3.63) is 42.2 Å². The van der Waals surface area contributed by atoms with Gasteiger partial charge in [-0.25, -0.2) is 0 Å². The van der Waals surface area contributed by atoms with Crippen molar-refractivity contribution >= 4 is 34.6 Å². The molecule has 0 spiro atoms. The quantitative estimate of drug-likeness (QED) is 0.461. The summed E-state index contributed by atoms with van der Waals surface area (Å²) in [5.74, 6) is -1.39. The maximum Gasteiger partial charge on any atom is 0.313 e. The van der Waals surface area contributed by atoms with Gasteiger partial charge in [-0.2, -0.15) is 4.39 Å². The summed E-state index contributed by atoms with van der Waals surface area (Å²) < 4.78 is 13.1. The lowest BCUT2D eigenvalue weighted by molar-refractivity contribution is -0.395. The molecule has 6 nitrogen and oxygen atoms in total. The number of nitro groups is 2. The summed E-state index contributed by atoms with van der Waals surface area (Å²) in [6.45, 7) is 0. The maximum absolute atomic E-state index is 13.1. The third kappa shape index (κ3) is 1.97. The Hall–Kier alpha value is -1.47. The van der Waals surface area contributed by atoms with Gasteiger partial charge in [0, 0.05) is 0 Å². The molecule has 0 aliphatic carbocycles. The van der Waals surface area contributed by atoms with Crippen LogP contribution >= 0.6 is 23.2 Å². The van der Waals surface area contributed by atoms with E-state index in [1.165, 1.54) is 0 Å². The maximum atomic E-state index is 13.1. The van der Waals surface area contributed by atoms with Crippen molar-refractivity contribution in [3.8, 4) is 0 Å². The summed E-state index contributed by atoms with van der Waals surface area (Å²) in [7, 11) is 0. The molecular formula is C6HCl2FN2O4. The second-order valence-corrected chi connectivity index (χ2v) is 3.13. The van der Waals surface area contributed by atoms with Gasteiger partial charge in [0.2, 0.25) is 5.82 Å². The Bertz CT molecular complexity index is 427. The molecule has 1 aromatic carbocycles. The molecule has 1 rings (SSSR count).